The highest BCUT2D eigenvalue weighted by Gasteiger charge is 2.28. The number of aromatic nitrogens is 1. The number of rotatable bonds is 5. The number of fused-ring (bicyclic) bond motifs is 2. The SMILES string of the molecule is O=C(CO)C1CCC(CN2CCOc3c(Cl)cc(-n4ccc5cc(F)ccc54)cc3C2)CC1. The van der Waals surface area contributed by atoms with Crippen LogP contribution in [0.4, 0.5) is 4.39 Å². The highest BCUT2D eigenvalue weighted by molar-refractivity contribution is 6.32. The first kappa shape index (κ1) is 22.4. The first-order valence-corrected chi connectivity index (χ1v) is 12.0. The monoisotopic (exact) mass is 470 g/mol. The molecule has 2 heterocycles. The maximum absolute atomic E-state index is 13.6. The zero-order valence-electron chi connectivity index (χ0n) is 18.5. The third kappa shape index (κ3) is 4.65. The first-order valence-electron chi connectivity index (χ1n) is 11.6. The summed E-state index contributed by atoms with van der Waals surface area (Å²) >= 11 is 6.64. The molecular formula is C26H28ClFN2O3. The second-order valence-electron chi connectivity index (χ2n) is 9.23. The molecule has 0 unspecified atom stereocenters. The van der Waals surface area contributed by atoms with Crippen molar-refractivity contribution >= 4 is 28.3 Å². The van der Waals surface area contributed by atoms with Crippen LogP contribution in [0.3, 0.4) is 0 Å². The molecule has 174 valence electrons. The van der Waals surface area contributed by atoms with Crippen molar-refractivity contribution in [2.24, 2.45) is 11.8 Å². The molecule has 7 heteroatoms. The van der Waals surface area contributed by atoms with Crippen LogP contribution < -0.4 is 4.74 Å². The van der Waals surface area contributed by atoms with Gasteiger partial charge in [-0.05, 0) is 68.0 Å². The third-order valence-electron chi connectivity index (χ3n) is 7.06. The van der Waals surface area contributed by atoms with Crippen LogP contribution in [0.15, 0.2) is 42.6 Å². The maximum atomic E-state index is 13.6. The van der Waals surface area contributed by atoms with E-state index in [4.69, 9.17) is 21.4 Å². The molecule has 1 aliphatic heterocycles. The van der Waals surface area contributed by atoms with E-state index in [0.717, 1.165) is 73.2 Å². The number of hydrogen-bond donors (Lipinski definition) is 1. The summed E-state index contributed by atoms with van der Waals surface area (Å²) in [6, 6.07) is 10.7. The topological polar surface area (TPSA) is 54.7 Å². The van der Waals surface area contributed by atoms with Crippen LogP contribution in [0, 0.1) is 17.7 Å². The van der Waals surface area contributed by atoms with Gasteiger partial charge in [-0.25, -0.2) is 4.39 Å². The average molecular weight is 471 g/mol. The largest absolute Gasteiger partial charge is 0.490 e. The Bertz CT molecular complexity index is 1170. The van der Waals surface area contributed by atoms with E-state index in [1.165, 1.54) is 12.1 Å². The van der Waals surface area contributed by atoms with Crippen molar-refractivity contribution in [2.45, 2.75) is 32.2 Å². The van der Waals surface area contributed by atoms with Gasteiger partial charge < -0.3 is 14.4 Å². The number of carbonyl (C=O) groups excluding carboxylic acids is 1. The van der Waals surface area contributed by atoms with Crippen LogP contribution in [-0.2, 0) is 11.3 Å². The molecule has 2 aromatic carbocycles. The van der Waals surface area contributed by atoms with Gasteiger partial charge >= 0.3 is 0 Å². The number of ether oxygens (including phenoxy) is 1. The van der Waals surface area contributed by atoms with Gasteiger partial charge in [-0.15, -0.1) is 0 Å². The Morgan fingerprint density at radius 3 is 2.76 bits per heavy atom. The first-order chi connectivity index (χ1) is 16.0. The van der Waals surface area contributed by atoms with E-state index in [1.54, 1.807) is 6.07 Å². The number of aliphatic hydroxyl groups is 1. The Balaban J connectivity index is 1.35. The van der Waals surface area contributed by atoms with Gasteiger partial charge in [-0.3, -0.25) is 9.69 Å². The van der Waals surface area contributed by atoms with Gasteiger partial charge in [-0.1, -0.05) is 11.6 Å². The van der Waals surface area contributed by atoms with Crippen molar-refractivity contribution in [3.8, 4) is 11.4 Å². The van der Waals surface area contributed by atoms with Crippen molar-refractivity contribution in [1.82, 2.24) is 9.47 Å². The highest BCUT2D eigenvalue weighted by Crippen LogP contribution is 2.36. The van der Waals surface area contributed by atoms with Crippen molar-refractivity contribution in [1.29, 1.82) is 0 Å². The molecule has 3 aromatic rings. The molecule has 1 fully saturated rings. The van der Waals surface area contributed by atoms with E-state index in [9.17, 15) is 9.18 Å². The molecule has 5 rings (SSSR count). The number of benzene rings is 2. The lowest BCUT2D eigenvalue weighted by molar-refractivity contribution is -0.126. The number of carbonyl (C=O) groups is 1. The molecule has 0 atom stereocenters. The van der Waals surface area contributed by atoms with E-state index in [0.29, 0.717) is 17.5 Å². The van der Waals surface area contributed by atoms with Crippen molar-refractivity contribution in [2.75, 3.05) is 26.3 Å². The summed E-state index contributed by atoms with van der Waals surface area (Å²) < 4.78 is 21.7. The number of ketones is 1. The summed E-state index contributed by atoms with van der Waals surface area (Å²) in [6.07, 6.45) is 5.68. The molecule has 33 heavy (non-hydrogen) atoms. The van der Waals surface area contributed by atoms with Gasteiger partial charge in [0, 0.05) is 48.4 Å². The Kier molecular flexibility index (Phi) is 6.41. The Hall–Kier alpha value is -2.41. The standard InChI is InChI=1S/C26H28ClFN2O3/c27-23-13-22(30-8-7-19-11-21(28)5-6-24(19)30)12-20-15-29(9-10-33-26(20)23)14-17-1-3-18(4-2-17)25(32)16-31/h5-8,11-13,17-18,31H,1-4,9-10,14-16H2. The molecule has 0 radical (unpaired) electrons. The Labute approximate surface area is 197 Å². The van der Waals surface area contributed by atoms with Crippen LogP contribution in [-0.4, -0.2) is 46.7 Å². The summed E-state index contributed by atoms with van der Waals surface area (Å²) in [6.45, 7) is 2.75. The molecule has 5 nitrogen and oxygen atoms in total. The summed E-state index contributed by atoms with van der Waals surface area (Å²) in [5, 5.41) is 10.5. The normalized spacial score (nSPS) is 21.4. The predicted octanol–water partition coefficient (Wildman–Crippen LogP) is 4.99. The molecule has 1 saturated carbocycles. The maximum Gasteiger partial charge on any atom is 0.161 e. The minimum atomic E-state index is -0.343. The molecule has 2 aliphatic rings. The van der Waals surface area contributed by atoms with Crippen molar-refractivity contribution in [3.05, 3.63) is 59.0 Å². The number of aliphatic hydroxyl groups excluding tert-OH is 1. The van der Waals surface area contributed by atoms with Crippen molar-refractivity contribution in [3.63, 3.8) is 0 Å². The zero-order chi connectivity index (χ0) is 22.9. The molecule has 1 aliphatic carbocycles. The van der Waals surface area contributed by atoms with Gasteiger partial charge in [0.15, 0.2) is 5.78 Å². The van der Waals surface area contributed by atoms with Crippen molar-refractivity contribution < 1.29 is 19.0 Å². The smallest absolute Gasteiger partial charge is 0.161 e. The summed E-state index contributed by atoms with van der Waals surface area (Å²) in [5.74, 6) is 1.02. The second-order valence-corrected chi connectivity index (χ2v) is 9.64. The summed E-state index contributed by atoms with van der Waals surface area (Å²) in [4.78, 5) is 14.2. The lowest BCUT2D eigenvalue weighted by Gasteiger charge is -2.31. The number of halogens is 2. The quantitative estimate of drug-likeness (QED) is 0.571. The summed E-state index contributed by atoms with van der Waals surface area (Å²) in [5.41, 5.74) is 2.89. The Morgan fingerprint density at radius 2 is 1.97 bits per heavy atom. The Morgan fingerprint density at radius 1 is 1.15 bits per heavy atom. The number of hydrogen-bond acceptors (Lipinski definition) is 4. The van der Waals surface area contributed by atoms with Gasteiger partial charge in [-0.2, -0.15) is 0 Å². The molecular weight excluding hydrogens is 443 g/mol. The summed E-state index contributed by atoms with van der Waals surface area (Å²) in [7, 11) is 0. The van der Waals surface area contributed by atoms with Crippen LogP contribution in [0.1, 0.15) is 31.2 Å². The minimum Gasteiger partial charge on any atom is -0.490 e. The third-order valence-corrected chi connectivity index (χ3v) is 7.34. The average Bonchev–Trinajstić information content (AvgIpc) is 3.12. The number of Topliss-reactive ketones (excluding diaryl/α,β-unsaturated/α-hetero) is 1. The van der Waals surface area contributed by atoms with E-state index < -0.39 is 0 Å². The van der Waals surface area contributed by atoms with Crippen LogP contribution in [0.5, 0.6) is 5.75 Å². The van der Waals surface area contributed by atoms with Gasteiger partial charge in [0.1, 0.15) is 24.8 Å². The van der Waals surface area contributed by atoms with Gasteiger partial charge in [0.05, 0.1) is 10.5 Å². The molecule has 1 N–H and O–H groups in total. The van der Waals surface area contributed by atoms with Crippen LogP contribution in [0.2, 0.25) is 5.02 Å². The number of nitrogens with zero attached hydrogens (tertiary/aromatic N) is 2. The fourth-order valence-electron chi connectivity index (χ4n) is 5.31. The lowest BCUT2D eigenvalue weighted by Crippen LogP contribution is -2.34. The van der Waals surface area contributed by atoms with E-state index >= 15 is 0 Å². The second kappa shape index (κ2) is 9.45. The minimum absolute atomic E-state index is 0.0191. The fourth-order valence-corrected chi connectivity index (χ4v) is 5.59. The van der Waals surface area contributed by atoms with Gasteiger partial charge in [0.2, 0.25) is 0 Å². The highest BCUT2D eigenvalue weighted by atomic mass is 35.5. The predicted molar refractivity (Wildman–Crippen MR) is 127 cm³/mol. The van der Waals surface area contributed by atoms with Crippen LogP contribution >= 0.6 is 11.6 Å². The van der Waals surface area contributed by atoms with E-state index in [1.807, 2.05) is 22.9 Å². The molecule has 0 saturated heterocycles. The lowest BCUT2D eigenvalue weighted by atomic mass is 9.80. The van der Waals surface area contributed by atoms with E-state index in [2.05, 4.69) is 11.0 Å². The molecule has 0 bridgehead atoms. The van der Waals surface area contributed by atoms with E-state index in [-0.39, 0.29) is 24.1 Å². The molecule has 0 amide bonds. The molecule has 0 spiro atoms. The molecule has 1 aromatic heterocycles. The zero-order valence-corrected chi connectivity index (χ0v) is 19.2. The van der Waals surface area contributed by atoms with Gasteiger partial charge in [0.25, 0.3) is 0 Å². The fraction of sp³-hybridized carbons (Fsp3) is 0.423. The van der Waals surface area contributed by atoms with Crippen LogP contribution in [0.25, 0.3) is 16.6 Å².